The van der Waals surface area contributed by atoms with Gasteiger partial charge in [-0.25, -0.2) is 0 Å². The maximum Gasteiger partial charge on any atom is 0.258 e. The molecule has 0 aromatic heterocycles. The second-order valence-corrected chi connectivity index (χ2v) is 5.44. The number of nitrogens with one attached hydrogen (secondary N) is 1. The molecule has 0 bridgehead atoms. The van der Waals surface area contributed by atoms with Crippen LogP contribution in [0.2, 0.25) is 0 Å². The Morgan fingerprint density at radius 1 is 1.21 bits per heavy atom. The Morgan fingerprint density at radius 2 is 1.95 bits per heavy atom. The molecule has 19 heavy (non-hydrogen) atoms. The van der Waals surface area contributed by atoms with Gasteiger partial charge in [-0.2, -0.15) is 0 Å². The van der Waals surface area contributed by atoms with Crippen molar-refractivity contribution in [1.82, 2.24) is 5.32 Å². The van der Waals surface area contributed by atoms with Gasteiger partial charge in [-0.05, 0) is 49.9 Å². The monoisotopic (exact) mass is 261 g/mol. The number of benzene rings is 1. The highest BCUT2D eigenvalue weighted by Crippen LogP contribution is 2.18. The zero-order valence-corrected chi connectivity index (χ0v) is 11.9. The van der Waals surface area contributed by atoms with E-state index < -0.39 is 0 Å². The maximum atomic E-state index is 11.8. The molecule has 1 N–H and O–H groups in total. The molecule has 1 aromatic carbocycles. The lowest BCUT2D eigenvalue weighted by Crippen LogP contribution is -2.38. The summed E-state index contributed by atoms with van der Waals surface area (Å²) in [5.74, 6) is 0.757. The summed E-state index contributed by atoms with van der Waals surface area (Å²) in [6, 6.07) is 6.26. The quantitative estimate of drug-likeness (QED) is 0.904. The van der Waals surface area contributed by atoms with Crippen LogP contribution < -0.4 is 10.1 Å². The Balaban J connectivity index is 1.77. The van der Waals surface area contributed by atoms with Crippen LogP contribution in [-0.2, 0) is 4.79 Å². The van der Waals surface area contributed by atoms with Gasteiger partial charge in [0.2, 0.25) is 0 Å². The van der Waals surface area contributed by atoms with Crippen molar-refractivity contribution in [3.8, 4) is 5.75 Å². The molecule has 0 spiro atoms. The Kier molecular flexibility index (Phi) is 4.83. The van der Waals surface area contributed by atoms with E-state index in [1.54, 1.807) is 0 Å². The van der Waals surface area contributed by atoms with Crippen LogP contribution in [0, 0.1) is 13.8 Å². The molecule has 3 nitrogen and oxygen atoms in total. The minimum atomic E-state index is -0.00914. The van der Waals surface area contributed by atoms with Crippen LogP contribution >= 0.6 is 0 Å². The van der Waals surface area contributed by atoms with E-state index in [0.29, 0.717) is 6.04 Å². The zero-order chi connectivity index (χ0) is 13.7. The first-order chi connectivity index (χ1) is 9.15. The van der Waals surface area contributed by atoms with Gasteiger partial charge in [-0.3, -0.25) is 4.79 Å². The lowest BCUT2D eigenvalue weighted by atomic mass is 9.95. The Bertz CT molecular complexity index is 436. The molecule has 1 aromatic rings. The molecule has 0 aliphatic heterocycles. The second kappa shape index (κ2) is 6.60. The SMILES string of the molecule is Cc1ccc(OCC(=O)NC2CCCCC2)cc1C. The van der Waals surface area contributed by atoms with E-state index in [9.17, 15) is 4.79 Å². The standard InChI is InChI=1S/C16H23NO2/c1-12-8-9-15(10-13(12)2)19-11-16(18)17-14-6-4-3-5-7-14/h8-10,14H,3-7,11H2,1-2H3,(H,17,18). The van der Waals surface area contributed by atoms with Crippen molar-refractivity contribution >= 4 is 5.91 Å². The molecule has 0 heterocycles. The fourth-order valence-corrected chi connectivity index (χ4v) is 2.47. The first-order valence-corrected chi connectivity index (χ1v) is 7.14. The third-order valence-electron chi connectivity index (χ3n) is 3.82. The van der Waals surface area contributed by atoms with Gasteiger partial charge in [-0.15, -0.1) is 0 Å². The number of rotatable bonds is 4. The fourth-order valence-electron chi connectivity index (χ4n) is 2.47. The number of carbonyl (C=O) groups excluding carboxylic acids is 1. The molecule has 1 fully saturated rings. The summed E-state index contributed by atoms with van der Waals surface area (Å²) in [4.78, 5) is 11.8. The van der Waals surface area contributed by atoms with E-state index in [4.69, 9.17) is 4.74 Å². The van der Waals surface area contributed by atoms with Crippen LogP contribution in [0.15, 0.2) is 18.2 Å². The highest BCUT2D eigenvalue weighted by molar-refractivity contribution is 5.77. The molecule has 1 aliphatic rings. The lowest BCUT2D eigenvalue weighted by molar-refractivity contribution is -0.124. The van der Waals surface area contributed by atoms with Gasteiger partial charge in [0.15, 0.2) is 6.61 Å². The Hall–Kier alpha value is -1.51. The van der Waals surface area contributed by atoms with E-state index >= 15 is 0 Å². The van der Waals surface area contributed by atoms with Crippen LogP contribution in [0.3, 0.4) is 0 Å². The van der Waals surface area contributed by atoms with Crippen LogP contribution in [0.5, 0.6) is 5.75 Å². The molecule has 1 aliphatic carbocycles. The van der Waals surface area contributed by atoms with Gasteiger partial charge in [0.1, 0.15) is 5.75 Å². The summed E-state index contributed by atoms with van der Waals surface area (Å²) in [6.07, 6.45) is 5.96. The van der Waals surface area contributed by atoms with E-state index in [1.165, 1.54) is 30.4 Å². The van der Waals surface area contributed by atoms with Crippen molar-refractivity contribution in [2.24, 2.45) is 0 Å². The Morgan fingerprint density at radius 3 is 2.63 bits per heavy atom. The predicted octanol–water partition coefficient (Wildman–Crippen LogP) is 3.13. The van der Waals surface area contributed by atoms with Gasteiger partial charge in [-0.1, -0.05) is 25.3 Å². The average Bonchev–Trinajstić information content (AvgIpc) is 2.41. The maximum absolute atomic E-state index is 11.8. The first kappa shape index (κ1) is 13.9. The Labute approximate surface area is 115 Å². The lowest BCUT2D eigenvalue weighted by Gasteiger charge is -2.22. The molecule has 0 radical (unpaired) electrons. The predicted molar refractivity (Wildman–Crippen MR) is 76.4 cm³/mol. The van der Waals surface area contributed by atoms with Gasteiger partial charge < -0.3 is 10.1 Å². The van der Waals surface area contributed by atoms with E-state index in [-0.39, 0.29) is 12.5 Å². The van der Waals surface area contributed by atoms with E-state index in [0.717, 1.165) is 18.6 Å². The summed E-state index contributed by atoms with van der Waals surface area (Å²) in [6.45, 7) is 4.22. The van der Waals surface area contributed by atoms with Crippen LogP contribution in [0.1, 0.15) is 43.2 Å². The van der Waals surface area contributed by atoms with Crippen molar-refractivity contribution in [3.63, 3.8) is 0 Å². The van der Waals surface area contributed by atoms with Crippen molar-refractivity contribution < 1.29 is 9.53 Å². The first-order valence-electron chi connectivity index (χ1n) is 7.14. The van der Waals surface area contributed by atoms with Crippen LogP contribution in [-0.4, -0.2) is 18.6 Å². The third-order valence-corrected chi connectivity index (χ3v) is 3.82. The number of aryl methyl sites for hydroxylation is 2. The van der Waals surface area contributed by atoms with Gasteiger partial charge in [0, 0.05) is 6.04 Å². The molecular formula is C16H23NO2. The largest absolute Gasteiger partial charge is 0.484 e. The molecule has 1 saturated carbocycles. The van der Waals surface area contributed by atoms with Crippen molar-refractivity contribution in [1.29, 1.82) is 0 Å². The summed E-state index contributed by atoms with van der Waals surface area (Å²) in [5, 5.41) is 3.05. The van der Waals surface area contributed by atoms with Crippen LogP contribution in [0.4, 0.5) is 0 Å². The van der Waals surface area contributed by atoms with Gasteiger partial charge in [0.25, 0.3) is 5.91 Å². The molecule has 104 valence electrons. The van der Waals surface area contributed by atoms with Crippen molar-refractivity contribution in [2.45, 2.75) is 52.0 Å². The fraction of sp³-hybridized carbons (Fsp3) is 0.562. The second-order valence-electron chi connectivity index (χ2n) is 5.44. The highest BCUT2D eigenvalue weighted by atomic mass is 16.5. The molecule has 0 unspecified atom stereocenters. The zero-order valence-electron chi connectivity index (χ0n) is 11.9. The summed E-state index contributed by atoms with van der Waals surface area (Å²) >= 11 is 0. The topological polar surface area (TPSA) is 38.3 Å². The molecule has 1 amide bonds. The third kappa shape index (κ3) is 4.27. The summed E-state index contributed by atoms with van der Waals surface area (Å²) in [5.41, 5.74) is 2.42. The number of ether oxygens (including phenoxy) is 1. The molecular weight excluding hydrogens is 238 g/mol. The molecule has 3 heteroatoms. The van der Waals surface area contributed by atoms with Crippen molar-refractivity contribution in [2.75, 3.05) is 6.61 Å². The normalized spacial score (nSPS) is 16.1. The summed E-state index contributed by atoms with van der Waals surface area (Å²) < 4.78 is 5.53. The molecule has 0 saturated heterocycles. The number of carbonyl (C=O) groups is 1. The minimum Gasteiger partial charge on any atom is -0.484 e. The smallest absolute Gasteiger partial charge is 0.258 e. The van der Waals surface area contributed by atoms with Gasteiger partial charge >= 0.3 is 0 Å². The summed E-state index contributed by atoms with van der Waals surface area (Å²) in [7, 11) is 0. The van der Waals surface area contributed by atoms with Gasteiger partial charge in [0.05, 0.1) is 0 Å². The minimum absolute atomic E-state index is 0.00914. The molecule has 0 atom stereocenters. The van der Waals surface area contributed by atoms with Crippen molar-refractivity contribution in [3.05, 3.63) is 29.3 Å². The number of hydrogen-bond acceptors (Lipinski definition) is 2. The average molecular weight is 261 g/mol. The number of amides is 1. The molecule has 2 rings (SSSR count). The highest BCUT2D eigenvalue weighted by Gasteiger charge is 2.15. The van der Waals surface area contributed by atoms with E-state index in [1.807, 2.05) is 25.1 Å². The van der Waals surface area contributed by atoms with E-state index in [2.05, 4.69) is 12.2 Å². The number of hydrogen-bond donors (Lipinski definition) is 1. The van der Waals surface area contributed by atoms with Crippen LogP contribution in [0.25, 0.3) is 0 Å².